The summed E-state index contributed by atoms with van der Waals surface area (Å²) in [6.45, 7) is 1.24. The molecule has 4 heteroatoms. The van der Waals surface area contributed by atoms with Crippen LogP contribution in [0.1, 0.15) is 12.8 Å². The zero-order valence-corrected chi connectivity index (χ0v) is 5.76. The molecule has 0 atom stereocenters. The molecule has 1 heterocycles. The van der Waals surface area contributed by atoms with Crippen LogP contribution in [0.4, 0.5) is 0 Å². The number of nitrogens with one attached hydrogen (secondary N) is 1. The van der Waals surface area contributed by atoms with E-state index >= 15 is 0 Å². The molecule has 3 N–H and O–H groups in total. The number of ketones is 1. The molecule has 1 aliphatic rings. The summed E-state index contributed by atoms with van der Waals surface area (Å²) in [6, 6.07) is 0. The van der Waals surface area contributed by atoms with E-state index in [0.717, 1.165) is 0 Å². The fourth-order valence-electron chi connectivity index (χ4n) is 0.997. The first-order valence-corrected chi connectivity index (χ1v) is 3.31. The Morgan fingerprint density at radius 1 is 1.50 bits per heavy atom. The van der Waals surface area contributed by atoms with E-state index in [0.29, 0.717) is 25.9 Å². The van der Waals surface area contributed by atoms with Crippen molar-refractivity contribution in [1.82, 2.24) is 4.90 Å². The molecule has 0 unspecified atom stereocenters. The average Bonchev–Trinajstić information content (AvgIpc) is 1.88. The second-order valence-corrected chi connectivity index (χ2v) is 2.41. The Morgan fingerprint density at radius 2 is 2.00 bits per heavy atom. The monoisotopic (exact) mass is 141 g/mol. The number of hydrogen-bond acceptors (Lipinski definition) is 2. The van der Waals surface area contributed by atoms with Crippen LogP contribution in [0, 0.1) is 5.41 Å². The van der Waals surface area contributed by atoms with E-state index in [-0.39, 0.29) is 11.7 Å². The summed E-state index contributed by atoms with van der Waals surface area (Å²) >= 11 is 0. The Balaban J connectivity index is 2.40. The third-order valence-corrected chi connectivity index (χ3v) is 1.66. The number of hydrogen-bond donors (Lipinski definition) is 2. The zero-order chi connectivity index (χ0) is 7.56. The Bertz CT molecular complexity index is 156. The largest absolute Gasteiger partial charge is 0.341 e. The van der Waals surface area contributed by atoms with E-state index in [1.807, 2.05) is 0 Å². The molecule has 1 saturated heterocycles. The molecule has 10 heavy (non-hydrogen) atoms. The quantitative estimate of drug-likeness (QED) is 0.268. The number of rotatable bonds is 0. The third-order valence-electron chi connectivity index (χ3n) is 1.66. The van der Waals surface area contributed by atoms with Crippen molar-refractivity contribution in [2.24, 2.45) is 5.73 Å². The molecule has 0 aromatic rings. The lowest BCUT2D eigenvalue weighted by atomic mass is 10.1. The van der Waals surface area contributed by atoms with Crippen LogP contribution in [0.3, 0.4) is 0 Å². The van der Waals surface area contributed by atoms with Crippen molar-refractivity contribution in [1.29, 1.82) is 5.41 Å². The summed E-state index contributed by atoms with van der Waals surface area (Å²) in [5.74, 6) is 0.352. The predicted molar refractivity (Wildman–Crippen MR) is 38.0 cm³/mol. The zero-order valence-electron chi connectivity index (χ0n) is 5.76. The van der Waals surface area contributed by atoms with E-state index in [1.54, 1.807) is 4.90 Å². The Kier molecular flexibility index (Phi) is 2.01. The topological polar surface area (TPSA) is 72.8 Å². The smallest absolute Gasteiger partial charge is 0.334 e. The second-order valence-electron chi connectivity index (χ2n) is 2.41. The van der Waals surface area contributed by atoms with Crippen molar-refractivity contribution in [3.8, 4) is 0 Å². The Hall–Kier alpha value is -0.900. The molecule has 1 radical (unpaired) electrons. The Morgan fingerprint density at radius 3 is 2.40 bits per heavy atom. The standard InChI is InChI=1S/C6H11N3O/c7-6(8)9-3-1-5(10)2-4-9/h1-4H2,(H3,7,8)/q+1. The van der Waals surface area contributed by atoms with Gasteiger partial charge < -0.3 is 5.73 Å². The number of carbonyl (C=O) groups is 1. The molecular weight excluding hydrogens is 130 g/mol. The number of nitrogens with zero attached hydrogens (tertiary/aromatic N) is 1. The molecule has 0 amide bonds. The van der Waals surface area contributed by atoms with Crippen LogP contribution in [-0.4, -0.2) is 24.8 Å². The number of carbonyl (C=O) groups excluding carboxylic acids is 1. The van der Waals surface area contributed by atoms with Crippen molar-refractivity contribution >= 4 is 11.7 Å². The summed E-state index contributed by atoms with van der Waals surface area (Å²) in [5, 5.41) is 7.05. The van der Waals surface area contributed by atoms with Gasteiger partial charge in [-0.3, -0.25) is 4.79 Å². The second kappa shape index (κ2) is 2.79. The van der Waals surface area contributed by atoms with Gasteiger partial charge >= 0.3 is 5.96 Å². The van der Waals surface area contributed by atoms with Gasteiger partial charge in [0.05, 0.1) is 12.8 Å². The van der Waals surface area contributed by atoms with Crippen LogP contribution in [0.25, 0.3) is 0 Å². The summed E-state index contributed by atoms with van der Waals surface area (Å²) < 4.78 is 0. The predicted octanol–water partition coefficient (Wildman–Crippen LogP) is -0.617. The van der Waals surface area contributed by atoms with E-state index in [4.69, 9.17) is 11.1 Å². The molecule has 1 rings (SSSR count). The van der Waals surface area contributed by atoms with Gasteiger partial charge in [0.1, 0.15) is 18.9 Å². The van der Waals surface area contributed by atoms with Gasteiger partial charge in [-0.2, -0.15) is 0 Å². The Labute approximate surface area is 59.5 Å². The molecule has 0 bridgehead atoms. The number of piperidine rings is 1. The third kappa shape index (κ3) is 1.54. The van der Waals surface area contributed by atoms with Crippen LogP contribution in [-0.2, 0) is 4.79 Å². The first kappa shape index (κ1) is 7.21. The SMILES string of the molecule is N=C(N)[N+]1CCC(=O)CC1. The van der Waals surface area contributed by atoms with E-state index in [9.17, 15) is 4.79 Å². The van der Waals surface area contributed by atoms with Gasteiger partial charge in [0.2, 0.25) is 0 Å². The van der Waals surface area contributed by atoms with E-state index in [1.165, 1.54) is 0 Å². The molecular formula is C6H11N3O+. The molecule has 0 aromatic carbocycles. The summed E-state index contributed by atoms with van der Waals surface area (Å²) in [6.07, 6.45) is 1.08. The van der Waals surface area contributed by atoms with Crippen molar-refractivity contribution in [3.63, 3.8) is 0 Å². The average molecular weight is 141 g/mol. The normalized spacial score (nSPS) is 21.0. The minimum Gasteiger partial charge on any atom is -0.334 e. The van der Waals surface area contributed by atoms with Crippen molar-refractivity contribution in [2.45, 2.75) is 12.8 Å². The maximum Gasteiger partial charge on any atom is 0.341 e. The highest BCUT2D eigenvalue weighted by Gasteiger charge is 2.26. The minimum atomic E-state index is 0.0764. The minimum absolute atomic E-state index is 0.0764. The lowest BCUT2D eigenvalue weighted by Gasteiger charge is -2.12. The molecule has 55 valence electrons. The van der Waals surface area contributed by atoms with Crippen LogP contribution >= 0.6 is 0 Å². The lowest BCUT2D eigenvalue weighted by molar-refractivity contribution is -0.120. The highest BCUT2D eigenvalue weighted by molar-refractivity contribution is 5.84. The van der Waals surface area contributed by atoms with Gasteiger partial charge in [-0.25, -0.2) is 5.41 Å². The summed E-state index contributed by atoms with van der Waals surface area (Å²) in [5.41, 5.74) is 5.21. The molecule has 0 saturated carbocycles. The first-order chi connectivity index (χ1) is 4.70. The highest BCUT2D eigenvalue weighted by Crippen LogP contribution is 2.00. The van der Waals surface area contributed by atoms with Gasteiger partial charge in [0.15, 0.2) is 0 Å². The molecule has 0 aromatic heterocycles. The van der Waals surface area contributed by atoms with E-state index < -0.39 is 0 Å². The van der Waals surface area contributed by atoms with Crippen molar-refractivity contribution in [2.75, 3.05) is 13.1 Å². The summed E-state index contributed by atoms with van der Waals surface area (Å²) in [7, 11) is 0. The van der Waals surface area contributed by atoms with E-state index in [2.05, 4.69) is 0 Å². The molecule has 0 spiro atoms. The van der Waals surface area contributed by atoms with Crippen LogP contribution < -0.4 is 10.6 Å². The van der Waals surface area contributed by atoms with Crippen molar-refractivity contribution < 1.29 is 4.79 Å². The summed E-state index contributed by atoms with van der Waals surface area (Å²) in [4.78, 5) is 12.4. The molecule has 4 nitrogen and oxygen atoms in total. The van der Waals surface area contributed by atoms with Gasteiger partial charge in [0.25, 0.3) is 0 Å². The maximum atomic E-state index is 10.7. The first-order valence-electron chi connectivity index (χ1n) is 3.31. The number of Topliss-reactive ketones (excluding diaryl/α,β-unsaturated/α-hetero) is 1. The maximum absolute atomic E-state index is 10.7. The van der Waals surface area contributed by atoms with Gasteiger partial charge in [0, 0.05) is 0 Å². The van der Waals surface area contributed by atoms with Gasteiger partial charge in [-0.15, -0.1) is 4.90 Å². The van der Waals surface area contributed by atoms with Crippen LogP contribution in [0.5, 0.6) is 0 Å². The van der Waals surface area contributed by atoms with Gasteiger partial charge in [-0.1, -0.05) is 0 Å². The lowest BCUT2D eigenvalue weighted by Crippen LogP contribution is -2.47. The number of guanidine groups is 1. The number of likely N-dealkylation sites (tertiary alicyclic amines) is 1. The fourth-order valence-corrected chi connectivity index (χ4v) is 0.997. The molecule has 0 aliphatic carbocycles. The highest BCUT2D eigenvalue weighted by atomic mass is 16.1. The van der Waals surface area contributed by atoms with Crippen molar-refractivity contribution in [3.05, 3.63) is 0 Å². The molecule has 1 aliphatic heterocycles. The molecule has 1 fully saturated rings. The van der Waals surface area contributed by atoms with Gasteiger partial charge in [-0.05, 0) is 0 Å². The fraction of sp³-hybridized carbons (Fsp3) is 0.667. The van der Waals surface area contributed by atoms with Crippen LogP contribution in [0.15, 0.2) is 0 Å². The van der Waals surface area contributed by atoms with Crippen LogP contribution in [0.2, 0.25) is 0 Å². The number of nitrogens with two attached hydrogens (primary N) is 1.